The van der Waals surface area contributed by atoms with Gasteiger partial charge in [-0.25, -0.2) is 0 Å². The molecule has 1 N–H and O–H groups in total. The summed E-state index contributed by atoms with van der Waals surface area (Å²) in [4.78, 5) is 4.78. The second kappa shape index (κ2) is 7.92. The van der Waals surface area contributed by atoms with Crippen LogP contribution < -0.4 is 5.32 Å². The first-order valence-electron chi connectivity index (χ1n) is 8.64. The van der Waals surface area contributed by atoms with Crippen LogP contribution >= 0.6 is 0 Å². The molecule has 1 saturated carbocycles. The van der Waals surface area contributed by atoms with Gasteiger partial charge in [0.1, 0.15) is 0 Å². The van der Waals surface area contributed by atoms with Crippen LogP contribution in [0.3, 0.4) is 0 Å². The van der Waals surface area contributed by atoms with Crippen molar-refractivity contribution in [2.45, 2.75) is 83.6 Å². The van der Waals surface area contributed by atoms with Gasteiger partial charge in [0.25, 0.3) is 0 Å². The number of aromatic nitrogens is 2. The van der Waals surface area contributed by atoms with Gasteiger partial charge < -0.3 is 9.84 Å². The Bertz CT molecular complexity index is 408. The van der Waals surface area contributed by atoms with E-state index < -0.39 is 0 Å². The molecular weight excluding hydrogens is 262 g/mol. The molecule has 1 aromatic rings. The Balaban J connectivity index is 2.11. The molecular formula is C17H31N3O. The van der Waals surface area contributed by atoms with Gasteiger partial charge in [0.2, 0.25) is 5.89 Å². The Morgan fingerprint density at radius 1 is 1.05 bits per heavy atom. The Morgan fingerprint density at radius 2 is 1.67 bits per heavy atom. The molecule has 1 aromatic heterocycles. The quantitative estimate of drug-likeness (QED) is 0.882. The molecule has 0 aliphatic heterocycles. The highest BCUT2D eigenvalue weighted by atomic mass is 16.5. The lowest BCUT2D eigenvalue weighted by Crippen LogP contribution is -2.32. The second-order valence-electron chi connectivity index (χ2n) is 6.88. The molecule has 0 aromatic carbocycles. The SMILES string of the molecule is CNC(C)C(c1nc(C2CCCCCCC2)no1)C(C)C. The van der Waals surface area contributed by atoms with Crippen LogP contribution in [0.15, 0.2) is 4.52 Å². The van der Waals surface area contributed by atoms with Gasteiger partial charge in [0.05, 0.1) is 5.92 Å². The third kappa shape index (κ3) is 4.29. The lowest BCUT2D eigenvalue weighted by molar-refractivity contribution is 0.283. The van der Waals surface area contributed by atoms with Crippen molar-refractivity contribution in [3.63, 3.8) is 0 Å². The van der Waals surface area contributed by atoms with E-state index >= 15 is 0 Å². The summed E-state index contributed by atoms with van der Waals surface area (Å²) < 4.78 is 5.64. The number of hydrogen-bond acceptors (Lipinski definition) is 4. The largest absolute Gasteiger partial charge is 0.339 e. The summed E-state index contributed by atoms with van der Waals surface area (Å²) in [5.74, 6) is 3.02. The van der Waals surface area contributed by atoms with E-state index in [1.165, 1.54) is 44.9 Å². The van der Waals surface area contributed by atoms with E-state index in [1.54, 1.807) is 0 Å². The number of nitrogens with one attached hydrogen (secondary N) is 1. The zero-order valence-electron chi connectivity index (χ0n) is 14.1. The predicted molar refractivity (Wildman–Crippen MR) is 85.5 cm³/mol. The Labute approximate surface area is 129 Å². The number of rotatable bonds is 5. The molecule has 1 heterocycles. The van der Waals surface area contributed by atoms with Gasteiger partial charge in [-0.2, -0.15) is 4.98 Å². The van der Waals surface area contributed by atoms with Gasteiger partial charge in [-0.15, -0.1) is 0 Å². The van der Waals surface area contributed by atoms with Crippen LogP contribution in [-0.2, 0) is 0 Å². The van der Waals surface area contributed by atoms with Crippen molar-refractivity contribution in [3.05, 3.63) is 11.7 Å². The molecule has 21 heavy (non-hydrogen) atoms. The highest BCUT2D eigenvalue weighted by Crippen LogP contribution is 2.32. The molecule has 120 valence electrons. The van der Waals surface area contributed by atoms with Crippen molar-refractivity contribution in [3.8, 4) is 0 Å². The zero-order valence-corrected chi connectivity index (χ0v) is 14.1. The van der Waals surface area contributed by atoms with Crippen LogP contribution in [0, 0.1) is 5.92 Å². The minimum Gasteiger partial charge on any atom is -0.339 e. The maximum atomic E-state index is 5.64. The van der Waals surface area contributed by atoms with Gasteiger partial charge in [-0.3, -0.25) is 0 Å². The van der Waals surface area contributed by atoms with E-state index in [9.17, 15) is 0 Å². The molecule has 4 nitrogen and oxygen atoms in total. The molecule has 0 saturated heterocycles. The van der Waals surface area contributed by atoms with Crippen LogP contribution in [0.5, 0.6) is 0 Å². The maximum absolute atomic E-state index is 5.64. The van der Waals surface area contributed by atoms with E-state index in [4.69, 9.17) is 9.51 Å². The fourth-order valence-corrected chi connectivity index (χ4v) is 3.52. The summed E-state index contributed by atoms with van der Waals surface area (Å²) in [7, 11) is 1.99. The van der Waals surface area contributed by atoms with E-state index in [-0.39, 0.29) is 5.92 Å². The van der Waals surface area contributed by atoms with Gasteiger partial charge in [0.15, 0.2) is 5.82 Å². The molecule has 0 spiro atoms. The molecule has 4 heteroatoms. The van der Waals surface area contributed by atoms with Crippen molar-refractivity contribution in [1.29, 1.82) is 0 Å². The molecule has 1 fully saturated rings. The first kappa shape index (κ1) is 16.5. The molecule has 1 aliphatic carbocycles. The summed E-state index contributed by atoms with van der Waals surface area (Å²) in [5.41, 5.74) is 0. The monoisotopic (exact) mass is 293 g/mol. The Kier molecular flexibility index (Phi) is 6.22. The van der Waals surface area contributed by atoms with Gasteiger partial charge in [0, 0.05) is 12.0 Å². The van der Waals surface area contributed by atoms with Crippen molar-refractivity contribution in [2.24, 2.45) is 5.92 Å². The number of nitrogens with zero attached hydrogens (tertiary/aromatic N) is 2. The minimum atomic E-state index is 0.282. The average molecular weight is 293 g/mol. The van der Waals surface area contributed by atoms with Crippen molar-refractivity contribution >= 4 is 0 Å². The third-order valence-electron chi connectivity index (χ3n) is 4.93. The number of hydrogen-bond donors (Lipinski definition) is 1. The van der Waals surface area contributed by atoms with Crippen molar-refractivity contribution in [1.82, 2.24) is 15.5 Å². The summed E-state index contributed by atoms with van der Waals surface area (Å²) >= 11 is 0. The van der Waals surface area contributed by atoms with Gasteiger partial charge in [-0.05, 0) is 32.7 Å². The smallest absolute Gasteiger partial charge is 0.231 e. The first-order valence-corrected chi connectivity index (χ1v) is 8.64. The summed E-state index contributed by atoms with van der Waals surface area (Å²) in [6.45, 7) is 6.63. The minimum absolute atomic E-state index is 0.282. The molecule has 2 atom stereocenters. The first-order chi connectivity index (χ1) is 10.1. The van der Waals surface area contributed by atoms with E-state index in [2.05, 4.69) is 31.2 Å². The fraction of sp³-hybridized carbons (Fsp3) is 0.882. The summed E-state index contributed by atoms with van der Waals surface area (Å²) in [5, 5.41) is 7.64. The lowest BCUT2D eigenvalue weighted by atomic mass is 9.88. The normalized spacial score (nSPS) is 21.0. The molecule has 0 bridgehead atoms. The van der Waals surface area contributed by atoms with E-state index in [0.29, 0.717) is 17.9 Å². The van der Waals surface area contributed by atoms with Crippen molar-refractivity contribution in [2.75, 3.05) is 7.05 Å². The molecule has 2 rings (SSSR count). The highest BCUT2D eigenvalue weighted by molar-refractivity contribution is 5.03. The average Bonchev–Trinajstić information content (AvgIpc) is 2.87. The van der Waals surface area contributed by atoms with E-state index in [1.807, 2.05) is 7.05 Å². The van der Waals surface area contributed by atoms with Crippen LogP contribution in [0.2, 0.25) is 0 Å². The number of likely N-dealkylation sites (N-methyl/N-ethyl adjacent to an activating group) is 1. The summed E-state index contributed by atoms with van der Waals surface area (Å²) in [6, 6.07) is 0.343. The summed E-state index contributed by atoms with van der Waals surface area (Å²) in [6.07, 6.45) is 9.13. The molecule has 0 radical (unpaired) electrons. The van der Waals surface area contributed by atoms with Crippen molar-refractivity contribution < 1.29 is 4.52 Å². The van der Waals surface area contributed by atoms with E-state index in [0.717, 1.165) is 11.7 Å². The van der Waals surface area contributed by atoms with Crippen LogP contribution in [0.25, 0.3) is 0 Å². The van der Waals surface area contributed by atoms with Crippen LogP contribution in [0.4, 0.5) is 0 Å². The fourth-order valence-electron chi connectivity index (χ4n) is 3.52. The van der Waals surface area contributed by atoms with Crippen LogP contribution in [-0.4, -0.2) is 23.2 Å². The molecule has 1 aliphatic rings. The van der Waals surface area contributed by atoms with Gasteiger partial charge in [-0.1, -0.05) is 51.1 Å². The Morgan fingerprint density at radius 3 is 2.24 bits per heavy atom. The third-order valence-corrected chi connectivity index (χ3v) is 4.93. The Hall–Kier alpha value is -0.900. The van der Waals surface area contributed by atoms with Gasteiger partial charge >= 0.3 is 0 Å². The molecule has 0 amide bonds. The second-order valence-corrected chi connectivity index (χ2v) is 6.88. The topological polar surface area (TPSA) is 51.0 Å². The lowest BCUT2D eigenvalue weighted by Gasteiger charge is -2.23. The van der Waals surface area contributed by atoms with Crippen LogP contribution in [0.1, 0.15) is 89.3 Å². The zero-order chi connectivity index (χ0) is 15.2. The standard InChI is InChI=1S/C17H31N3O/c1-12(2)15(13(3)18-4)17-19-16(20-21-17)14-10-8-6-5-7-9-11-14/h12-15,18H,5-11H2,1-4H3. The molecule has 2 unspecified atom stereocenters. The predicted octanol–water partition coefficient (Wildman–Crippen LogP) is 4.25. The maximum Gasteiger partial charge on any atom is 0.231 e. The highest BCUT2D eigenvalue weighted by Gasteiger charge is 2.29.